The Hall–Kier alpha value is -3.56. The van der Waals surface area contributed by atoms with Crippen molar-refractivity contribution >= 4 is 35.1 Å². The van der Waals surface area contributed by atoms with Crippen LogP contribution in [0.3, 0.4) is 0 Å². The Balaban J connectivity index is 1.71. The van der Waals surface area contributed by atoms with Gasteiger partial charge in [0.1, 0.15) is 11.6 Å². The number of rotatable bonds is 7. The molecule has 2 amide bonds. The number of carbonyl (C=O) groups excluding carboxylic acids is 2. The minimum atomic E-state index is -1.13. The number of hydrogen-bond acceptors (Lipinski definition) is 6. The van der Waals surface area contributed by atoms with Crippen LogP contribution in [0, 0.1) is 5.82 Å². The molecule has 36 heavy (non-hydrogen) atoms. The molecule has 0 aromatic heterocycles. The van der Waals surface area contributed by atoms with Gasteiger partial charge >= 0.3 is 6.09 Å². The molecule has 3 aromatic carbocycles. The summed E-state index contributed by atoms with van der Waals surface area (Å²) >= 11 is 1.46. The van der Waals surface area contributed by atoms with Crippen LogP contribution in [0.5, 0.6) is 5.75 Å². The van der Waals surface area contributed by atoms with E-state index in [9.17, 15) is 14.0 Å². The molecule has 9 heteroatoms. The minimum Gasteiger partial charge on any atom is -0.497 e. The molecule has 0 unspecified atom stereocenters. The van der Waals surface area contributed by atoms with Gasteiger partial charge in [-0.15, -0.1) is 11.8 Å². The number of anilines is 2. The van der Waals surface area contributed by atoms with E-state index in [-0.39, 0.29) is 11.6 Å². The Labute approximate surface area is 214 Å². The quantitative estimate of drug-likeness (QED) is 0.473. The molecule has 0 bridgehead atoms. The van der Waals surface area contributed by atoms with Gasteiger partial charge in [0.25, 0.3) is 5.91 Å². The van der Waals surface area contributed by atoms with Crippen molar-refractivity contribution in [1.82, 2.24) is 4.90 Å². The zero-order valence-electron chi connectivity index (χ0n) is 20.3. The molecule has 3 aromatic rings. The van der Waals surface area contributed by atoms with Gasteiger partial charge in [-0.3, -0.25) is 10.1 Å². The molecule has 188 valence electrons. The lowest BCUT2D eigenvalue weighted by Crippen LogP contribution is -2.45. The number of para-hydroxylation sites is 1. The van der Waals surface area contributed by atoms with Crippen LogP contribution >= 0.6 is 11.8 Å². The number of hydrogen-bond donors (Lipinski definition) is 1. The SMILES string of the molecule is COc1ccc([C@H]2Sc3ccccc3N(CCN(C)C)C(=O)[C@H]2OC(=O)Nc2cccc(F)c2)cc1. The number of fused-ring (bicyclic) bond motifs is 1. The zero-order valence-corrected chi connectivity index (χ0v) is 21.1. The molecule has 4 rings (SSSR count). The van der Waals surface area contributed by atoms with Crippen LogP contribution in [-0.4, -0.2) is 57.3 Å². The largest absolute Gasteiger partial charge is 0.497 e. The van der Waals surface area contributed by atoms with Crippen molar-refractivity contribution in [3.63, 3.8) is 0 Å². The lowest BCUT2D eigenvalue weighted by molar-refractivity contribution is -0.126. The van der Waals surface area contributed by atoms with E-state index in [0.717, 1.165) is 16.1 Å². The minimum absolute atomic E-state index is 0.238. The number of methoxy groups -OCH3 is 1. The van der Waals surface area contributed by atoms with Crippen molar-refractivity contribution in [3.8, 4) is 5.75 Å². The highest BCUT2D eigenvalue weighted by Crippen LogP contribution is 2.46. The van der Waals surface area contributed by atoms with Crippen LogP contribution < -0.4 is 15.0 Å². The molecule has 0 radical (unpaired) electrons. The highest BCUT2D eigenvalue weighted by atomic mass is 32.2. The lowest BCUT2D eigenvalue weighted by atomic mass is 10.1. The second-order valence-electron chi connectivity index (χ2n) is 8.53. The molecule has 0 saturated carbocycles. The highest BCUT2D eigenvalue weighted by Gasteiger charge is 2.41. The van der Waals surface area contributed by atoms with Gasteiger partial charge in [-0.05, 0) is 62.1 Å². The van der Waals surface area contributed by atoms with Crippen LogP contribution in [0.2, 0.25) is 0 Å². The maximum atomic E-state index is 14.0. The fourth-order valence-electron chi connectivity index (χ4n) is 3.89. The van der Waals surface area contributed by atoms with Crippen LogP contribution in [0.4, 0.5) is 20.6 Å². The molecule has 1 aliphatic rings. The van der Waals surface area contributed by atoms with Gasteiger partial charge in [0.05, 0.1) is 18.0 Å². The number of ether oxygens (including phenoxy) is 2. The number of nitrogens with one attached hydrogen (secondary N) is 1. The van der Waals surface area contributed by atoms with Gasteiger partial charge in [0.2, 0.25) is 0 Å². The average molecular weight is 510 g/mol. The second-order valence-corrected chi connectivity index (χ2v) is 9.72. The number of likely N-dealkylation sites (N-methyl/N-ethyl adjacent to an activating group) is 1. The Morgan fingerprint density at radius 3 is 2.53 bits per heavy atom. The van der Waals surface area contributed by atoms with E-state index < -0.39 is 23.3 Å². The van der Waals surface area contributed by atoms with Crippen LogP contribution in [-0.2, 0) is 9.53 Å². The smallest absolute Gasteiger partial charge is 0.412 e. The molecule has 1 aliphatic heterocycles. The summed E-state index contributed by atoms with van der Waals surface area (Å²) < 4.78 is 24.7. The summed E-state index contributed by atoms with van der Waals surface area (Å²) in [6, 6.07) is 20.5. The maximum Gasteiger partial charge on any atom is 0.412 e. The van der Waals surface area contributed by atoms with Gasteiger partial charge in [0.15, 0.2) is 6.10 Å². The van der Waals surface area contributed by atoms with Crippen molar-refractivity contribution < 1.29 is 23.5 Å². The Morgan fingerprint density at radius 1 is 1.08 bits per heavy atom. The van der Waals surface area contributed by atoms with Gasteiger partial charge in [-0.25, -0.2) is 9.18 Å². The summed E-state index contributed by atoms with van der Waals surface area (Å²) in [5, 5.41) is 2.02. The summed E-state index contributed by atoms with van der Waals surface area (Å²) in [7, 11) is 5.45. The summed E-state index contributed by atoms with van der Waals surface area (Å²) in [4.78, 5) is 31.4. The van der Waals surface area contributed by atoms with E-state index in [2.05, 4.69) is 5.32 Å². The molecular weight excluding hydrogens is 481 g/mol. The van der Waals surface area contributed by atoms with Crippen molar-refractivity contribution in [1.29, 1.82) is 0 Å². The first-order chi connectivity index (χ1) is 17.4. The highest BCUT2D eigenvalue weighted by molar-refractivity contribution is 7.99. The van der Waals surface area contributed by atoms with Crippen molar-refractivity contribution in [2.75, 3.05) is 44.5 Å². The number of benzene rings is 3. The lowest BCUT2D eigenvalue weighted by Gasteiger charge is -2.28. The molecule has 1 N–H and O–H groups in total. The molecule has 0 saturated heterocycles. The van der Waals surface area contributed by atoms with Crippen molar-refractivity contribution in [2.24, 2.45) is 0 Å². The number of halogens is 1. The van der Waals surface area contributed by atoms with Gasteiger partial charge < -0.3 is 19.3 Å². The van der Waals surface area contributed by atoms with E-state index >= 15 is 0 Å². The molecular formula is C27H28FN3O4S. The summed E-state index contributed by atoms with van der Waals surface area (Å²) in [5.41, 5.74) is 1.81. The third-order valence-corrected chi connectivity index (χ3v) is 7.09. The number of carbonyl (C=O) groups is 2. The van der Waals surface area contributed by atoms with E-state index in [0.29, 0.717) is 18.8 Å². The first-order valence-corrected chi connectivity index (χ1v) is 12.3. The molecule has 0 spiro atoms. The first-order valence-electron chi connectivity index (χ1n) is 11.4. The monoisotopic (exact) mass is 509 g/mol. The molecule has 0 fully saturated rings. The average Bonchev–Trinajstić information content (AvgIpc) is 2.97. The predicted molar refractivity (Wildman–Crippen MR) is 139 cm³/mol. The molecule has 1 heterocycles. The van der Waals surface area contributed by atoms with Crippen LogP contribution in [0.25, 0.3) is 0 Å². The second kappa shape index (κ2) is 11.5. The Kier molecular flexibility index (Phi) is 8.12. The first kappa shape index (κ1) is 25.5. The van der Waals surface area contributed by atoms with Crippen LogP contribution in [0.1, 0.15) is 10.8 Å². The maximum absolute atomic E-state index is 14.0. The van der Waals surface area contributed by atoms with E-state index in [1.165, 1.54) is 30.0 Å². The van der Waals surface area contributed by atoms with E-state index in [1.807, 2.05) is 67.5 Å². The Bertz CT molecular complexity index is 1220. The topological polar surface area (TPSA) is 71.1 Å². The number of amides is 2. The van der Waals surface area contributed by atoms with Gasteiger partial charge in [-0.2, -0.15) is 0 Å². The van der Waals surface area contributed by atoms with Crippen molar-refractivity contribution in [2.45, 2.75) is 16.2 Å². The molecule has 0 aliphatic carbocycles. The van der Waals surface area contributed by atoms with E-state index in [4.69, 9.17) is 9.47 Å². The van der Waals surface area contributed by atoms with E-state index in [1.54, 1.807) is 18.1 Å². The number of thioether (sulfide) groups is 1. The van der Waals surface area contributed by atoms with Gasteiger partial charge in [-0.1, -0.05) is 30.3 Å². The van der Waals surface area contributed by atoms with Gasteiger partial charge in [0, 0.05) is 23.7 Å². The van der Waals surface area contributed by atoms with Crippen LogP contribution in [0.15, 0.2) is 77.7 Å². The third kappa shape index (κ3) is 5.98. The Morgan fingerprint density at radius 2 is 1.83 bits per heavy atom. The number of nitrogens with zero attached hydrogens (tertiary/aromatic N) is 2. The summed E-state index contributed by atoms with van der Waals surface area (Å²) in [6.07, 6.45) is -1.97. The predicted octanol–water partition coefficient (Wildman–Crippen LogP) is 5.19. The fourth-order valence-corrected chi connectivity index (χ4v) is 5.21. The zero-order chi connectivity index (χ0) is 25.7. The molecule has 2 atom stereocenters. The van der Waals surface area contributed by atoms with Crippen molar-refractivity contribution in [3.05, 3.63) is 84.2 Å². The fraction of sp³-hybridized carbons (Fsp3) is 0.259. The third-order valence-electron chi connectivity index (χ3n) is 5.71. The standard InChI is InChI=1S/C27H28FN3O4S/c1-30(2)15-16-31-22-9-4-5-10-23(22)36-25(18-11-13-21(34-3)14-12-18)24(26(31)32)35-27(33)29-20-8-6-7-19(28)17-20/h4-14,17,24-25H,15-16H2,1-3H3,(H,29,33)/t24-,25+/m0/s1. The normalized spacial score (nSPS) is 17.4. The molecule has 7 nitrogen and oxygen atoms in total. The summed E-state index contributed by atoms with van der Waals surface area (Å²) in [6.45, 7) is 1.05. The summed E-state index contributed by atoms with van der Waals surface area (Å²) in [5.74, 6) is -0.141.